The Morgan fingerprint density at radius 3 is 2.77 bits per heavy atom. The zero-order valence-electron chi connectivity index (χ0n) is 13.3. The number of benzene rings is 1. The first-order valence-electron chi connectivity index (χ1n) is 7.33. The lowest BCUT2D eigenvalue weighted by Gasteiger charge is -2.19. The molecule has 0 aliphatic rings. The molecule has 0 atom stereocenters. The first-order chi connectivity index (χ1) is 10.5. The summed E-state index contributed by atoms with van der Waals surface area (Å²) >= 11 is 0. The summed E-state index contributed by atoms with van der Waals surface area (Å²) in [6, 6.07) is 13.7. The molecule has 2 rings (SSSR count). The average Bonchev–Trinajstić information content (AvgIpc) is 2.51. The molecule has 0 aliphatic carbocycles. The highest BCUT2D eigenvalue weighted by Crippen LogP contribution is 2.25. The summed E-state index contributed by atoms with van der Waals surface area (Å²) in [5.74, 6) is 1.45. The van der Waals surface area contributed by atoms with Gasteiger partial charge in [0.15, 0.2) is 0 Å². The third-order valence-corrected chi connectivity index (χ3v) is 3.29. The van der Waals surface area contributed by atoms with Gasteiger partial charge in [0.25, 0.3) is 0 Å². The molecule has 114 valence electrons. The normalized spacial score (nSPS) is 10.8. The first-order valence-corrected chi connectivity index (χ1v) is 7.33. The van der Waals surface area contributed by atoms with Crippen LogP contribution in [0, 0.1) is 11.3 Å². The molecule has 0 saturated carbocycles. The number of hydrogen-bond acceptors (Lipinski definition) is 4. The van der Waals surface area contributed by atoms with Crippen LogP contribution < -0.4 is 10.1 Å². The maximum atomic E-state index is 9.00. The number of nitrogens with zero attached hydrogens (tertiary/aromatic N) is 2. The fourth-order valence-electron chi connectivity index (χ4n) is 2.03. The molecule has 0 aliphatic heterocycles. The molecule has 2 aromatic rings. The van der Waals surface area contributed by atoms with E-state index in [2.05, 4.69) is 49.3 Å². The van der Waals surface area contributed by atoms with Crippen LogP contribution in [0.3, 0.4) is 0 Å². The van der Waals surface area contributed by atoms with Gasteiger partial charge in [-0.05, 0) is 35.2 Å². The Balaban J connectivity index is 1.88. The summed E-state index contributed by atoms with van der Waals surface area (Å²) in [6.07, 6.45) is 1.66. The van der Waals surface area contributed by atoms with Crippen molar-refractivity contribution in [3.8, 4) is 11.8 Å². The van der Waals surface area contributed by atoms with Crippen molar-refractivity contribution in [3.63, 3.8) is 0 Å². The van der Waals surface area contributed by atoms with E-state index in [-0.39, 0.29) is 5.41 Å². The van der Waals surface area contributed by atoms with Crippen LogP contribution >= 0.6 is 0 Å². The van der Waals surface area contributed by atoms with E-state index in [0.29, 0.717) is 24.5 Å². The van der Waals surface area contributed by atoms with Gasteiger partial charge < -0.3 is 10.1 Å². The van der Waals surface area contributed by atoms with Crippen molar-refractivity contribution in [2.24, 2.45) is 0 Å². The fraction of sp³-hybridized carbons (Fsp3) is 0.333. The highest BCUT2D eigenvalue weighted by atomic mass is 16.5. The van der Waals surface area contributed by atoms with E-state index in [9.17, 15) is 0 Å². The van der Waals surface area contributed by atoms with E-state index < -0.39 is 0 Å². The molecule has 0 radical (unpaired) electrons. The topological polar surface area (TPSA) is 57.9 Å². The van der Waals surface area contributed by atoms with E-state index in [1.807, 2.05) is 12.1 Å². The third-order valence-electron chi connectivity index (χ3n) is 3.29. The number of nitrogens with one attached hydrogen (secondary N) is 1. The Bertz CT molecular complexity index is 669. The van der Waals surface area contributed by atoms with Crippen LogP contribution in [0.4, 0.5) is 5.82 Å². The fourth-order valence-corrected chi connectivity index (χ4v) is 2.03. The smallest absolute Gasteiger partial charge is 0.144 e. The predicted octanol–water partition coefficient (Wildman–Crippen LogP) is 3.74. The van der Waals surface area contributed by atoms with Gasteiger partial charge in [-0.15, -0.1) is 0 Å². The van der Waals surface area contributed by atoms with Crippen molar-refractivity contribution in [1.29, 1.82) is 5.26 Å². The summed E-state index contributed by atoms with van der Waals surface area (Å²) in [6.45, 7) is 7.63. The van der Waals surface area contributed by atoms with Crippen molar-refractivity contribution in [2.45, 2.75) is 26.2 Å². The number of rotatable bonds is 5. The Hall–Kier alpha value is -2.54. The Morgan fingerprint density at radius 2 is 2.05 bits per heavy atom. The van der Waals surface area contributed by atoms with Crippen molar-refractivity contribution >= 4 is 5.82 Å². The molecule has 0 fully saturated rings. The molecule has 0 spiro atoms. The van der Waals surface area contributed by atoms with E-state index in [1.165, 1.54) is 5.56 Å². The maximum absolute atomic E-state index is 9.00. The van der Waals surface area contributed by atoms with Gasteiger partial charge in [0.1, 0.15) is 24.2 Å². The van der Waals surface area contributed by atoms with Crippen LogP contribution in [0.25, 0.3) is 0 Å². The molecule has 1 aromatic heterocycles. The van der Waals surface area contributed by atoms with Gasteiger partial charge >= 0.3 is 0 Å². The second-order valence-electron chi connectivity index (χ2n) is 6.06. The van der Waals surface area contributed by atoms with Gasteiger partial charge in [-0.25, -0.2) is 4.98 Å². The van der Waals surface area contributed by atoms with Crippen LogP contribution in [0.2, 0.25) is 0 Å². The highest BCUT2D eigenvalue weighted by Gasteiger charge is 2.13. The number of anilines is 1. The van der Waals surface area contributed by atoms with Crippen molar-refractivity contribution < 1.29 is 4.74 Å². The van der Waals surface area contributed by atoms with Crippen molar-refractivity contribution in [1.82, 2.24) is 4.98 Å². The standard InChI is InChI=1S/C18H21N3O/c1-18(2,3)15-7-4-8-16(12-15)22-11-10-21-17-14(13-19)6-5-9-20-17/h4-9,12H,10-11H2,1-3H3,(H,20,21). The Labute approximate surface area is 131 Å². The Kier molecular flexibility index (Phi) is 5.00. The number of ether oxygens (including phenoxy) is 1. The minimum Gasteiger partial charge on any atom is -0.492 e. The lowest BCUT2D eigenvalue weighted by molar-refractivity contribution is 0.331. The summed E-state index contributed by atoms with van der Waals surface area (Å²) in [7, 11) is 0. The molecule has 22 heavy (non-hydrogen) atoms. The molecule has 1 aromatic carbocycles. The molecule has 4 nitrogen and oxygen atoms in total. The van der Waals surface area contributed by atoms with E-state index in [4.69, 9.17) is 10.00 Å². The first kappa shape index (κ1) is 15.8. The predicted molar refractivity (Wildman–Crippen MR) is 88.1 cm³/mol. The molecule has 0 bridgehead atoms. The second kappa shape index (κ2) is 6.95. The summed E-state index contributed by atoms with van der Waals surface area (Å²) < 4.78 is 5.76. The summed E-state index contributed by atoms with van der Waals surface area (Å²) in [5.41, 5.74) is 1.89. The molecule has 1 N–H and O–H groups in total. The lowest BCUT2D eigenvalue weighted by Crippen LogP contribution is -2.14. The molecule has 1 heterocycles. The molecular weight excluding hydrogens is 274 g/mol. The number of aromatic nitrogens is 1. The van der Waals surface area contributed by atoms with Gasteiger partial charge in [-0.3, -0.25) is 0 Å². The molecule has 0 saturated heterocycles. The molecule has 4 heteroatoms. The van der Waals surface area contributed by atoms with E-state index >= 15 is 0 Å². The zero-order valence-corrected chi connectivity index (χ0v) is 13.3. The second-order valence-corrected chi connectivity index (χ2v) is 6.06. The van der Waals surface area contributed by atoms with Gasteiger partial charge in [-0.2, -0.15) is 5.26 Å². The lowest BCUT2D eigenvalue weighted by atomic mass is 9.87. The molecule has 0 unspecified atom stereocenters. The summed E-state index contributed by atoms with van der Waals surface area (Å²) in [5, 5.41) is 12.1. The van der Waals surface area contributed by atoms with E-state index in [0.717, 1.165) is 5.75 Å². The van der Waals surface area contributed by atoms with Gasteiger partial charge in [0.2, 0.25) is 0 Å². The van der Waals surface area contributed by atoms with Crippen molar-refractivity contribution in [3.05, 3.63) is 53.7 Å². The van der Waals surface area contributed by atoms with Crippen LogP contribution in [0.5, 0.6) is 5.75 Å². The van der Waals surface area contributed by atoms with Gasteiger partial charge in [0.05, 0.1) is 12.1 Å². The van der Waals surface area contributed by atoms with E-state index in [1.54, 1.807) is 18.3 Å². The Morgan fingerprint density at radius 1 is 1.23 bits per heavy atom. The average molecular weight is 295 g/mol. The molecular formula is C18H21N3O. The monoisotopic (exact) mass is 295 g/mol. The third kappa shape index (κ3) is 4.23. The minimum absolute atomic E-state index is 0.104. The van der Waals surface area contributed by atoms with Gasteiger partial charge in [-0.1, -0.05) is 32.9 Å². The number of hydrogen-bond donors (Lipinski definition) is 1. The largest absolute Gasteiger partial charge is 0.492 e. The SMILES string of the molecule is CC(C)(C)c1cccc(OCCNc2ncccc2C#N)c1. The number of nitriles is 1. The van der Waals surface area contributed by atoms with Crippen LogP contribution in [-0.4, -0.2) is 18.1 Å². The summed E-state index contributed by atoms with van der Waals surface area (Å²) in [4.78, 5) is 4.15. The zero-order chi connectivity index (χ0) is 16.0. The van der Waals surface area contributed by atoms with Crippen LogP contribution in [0.15, 0.2) is 42.6 Å². The minimum atomic E-state index is 0.104. The number of pyridine rings is 1. The molecule has 0 amide bonds. The van der Waals surface area contributed by atoms with Crippen LogP contribution in [-0.2, 0) is 5.41 Å². The quantitative estimate of drug-likeness (QED) is 0.854. The maximum Gasteiger partial charge on any atom is 0.144 e. The van der Waals surface area contributed by atoms with Gasteiger partial charge in [0, 0.05) is 6.20 Å². The highest BCUT2D eigenvalue weighted by molar-refractivity contribution is 5.51. The van der Waals surface area contributed by atoms with Crippen molar-refractivity contribution in [2.75, 3.05) is 18.5 Å². The van der Waals surface area contributed by atoms with Crippen LogP contribution in [0.1, 0.15) is 31.9 Å².